The van der Waals surface area contributed by atoms with Gasteiger partial charge in [-0.05, 0) is 30.5 Å². The van der Waals surface area contributed by atoms with E-state index in [9.17, 15) is 4.79 Å². The Bertz CT molecular complexity index is 773. The number of carbonyl (C=O) groups is 1. The van der Waals surface area contributed by atoms with Crippen LogP contribution in [0.4, 0.5) is 10.6 Å². The molecular weight excluding hydrogens is 342 g/mol. The normalized spacial score (nSPS) is 15.0. The fraction of sp³-hybridized carbons (Fsp3) is 0.524. The first-order valence-corrected chi connectivity index (χ1v) is 9.54. The molecule has 0 bridgehead atoms. The van der Waals surface area contributed by atoms with Crippen molar-refractivity contribution in [3.05, 3.63) is 41.7 Å². The summed E-state index contributed by atoms with van der Waals surface area (Å²) < 4.78 is 10.7. The smallest absolute Gasteiger partial charge is 0.323 e. The van der Waals surface area contributed by atoms with Crippen molar-refractivity contribution in [2.75, 3.05) is 12.4 Å². The van der Waals surface area contributed by atoms with Crippen molar-refractivity contribution >= 4 is 11.8 Å². The Morgan fingerprint density at radius 1 is 1.30 bits per heavy atom. The van der Waals surface area contributed by atoms with Crippen molar-refractivity contribution in [2.24, 2.45) is 0 Å². The zero-order chi connectivity index (χ0) is 19.4. The van der Waals surface area contributed by atoms with Gasteiger partial charge in [-0.2, -0.15) is 0 Å². The van der Waals surface area contributed by atoms with E-state index in [1.54, 1.807) is 13.2 Å². The van der Waals surface area contributed by atoms with Crippen LogP contribution >= 0.6 is 0 Å². The van der Waals surface area contributed by atoms with Gasteiger partial charge in [0.2, 0.25) is 0 Å². The second-order valence-electron chi connectivity index (χ2n) is 8.17. The molecule has 0 saturated heterocycles. The highest BCUT2D eigenvalue weighted by Gasteiger charge is 2.28. The Hall–Kier alpha value is -2.50. The number of hydrogen-bond donors (Lipinski definition) is 1. The quantitative estimate of drug-likeness (QED) is 0.807. The SMILES string of the molecule is COc1cccc(CN(C(=O)Nc2cc(C(C)(C)C)on2)C2CCCC2)c1. The first kappa shape index (κ1) is 19.3. The standard InChI is InChI=1S/C21H29N3O3/c1-21(2,3)18-13-19(23-27-18)22-20(25)24(16-9-5-6-10-16)14-15-8-7-11-17(12-15)26-4/h7-8,11-13,16H,5-6,9-10,14H2,1-4H3,(H,22,23,25). The summed E-state index contributed by atoms with van der Waals surface area (Å²) in [4.78, 5) is 14.9. The molecule has 0 unspecified atom stereocenters. The average Bonchev–Trinajstić information content (AvgIpc) is 3.31. The lowest BCUT2D eigenvalue weighted by Gasteiger charge is -2.29. The van der Waals surface area contributed by atoms with Crippen LogP contribution in [0.3, 0.4) is 0 Å². The van der Waals surface area contributed by atoms with Crippen molar-refractivity contribution < 1.29 is 14.1 Å². The van der Waals surface area contributed by atoms with Gasteiger partial charge in [-0.1, -0.05) is 50.9 Å². The fourth-order valence-electron chi connectivity index (χ4n) is 3.42. The van der Waals surface area contributed by atoms with Crippen molar-refractivity contribution in [3.63, 3.8) is 0 Å². The highest BCUT2D eigenvalue weighted by molar-refractivity contribution is 5.88. The van der Waals surface area contributed by atoms with Crippen LogP contribution in [-0.2, 0) is 12.0 Å². The molecule has 2 amide bonds. The Balaban J connectivity index is 1.75. The maximum Gasteiger partial charge on any atom is 0.323 e. The van der Waals surface area contributed by atoms with Crippen molar-refractivity contribution in [1.82, 2.24) is 10.1 Å². The first-order valence-electron chi connectivity index (χ1n) is 9.54. The maximum absolute atomic E-state index is 13.0. The third kappa shape index (κ3) is 4.81. The molecule has 0 aliphatic heterocycles. The summed E-state index contributed by atoms with van der Waals surface area (Å²) in [6, 6.07) is 9.76. The van der Waals surface area contributed by atoms with Gasteiger partial charge in [0.25, 0.3) is 0 Å². The molecule has 2 aromatic rings. The van der Waals surface area contributed by atoms with Gasteiger partial charge in [0, 0.05) is 24.1 Å². The number of benzene rings is 1. The molecule has 0 atom stereocenters. The van der Waals surface area contributed by atoms with E-state index in [0.29, 0.717) is 12.4 Å². The van der Waals surface area contributed by atoms with Gasteiger partial charge in [-0.15, -0.1) is 0 Å². The number of methoxy groups -OCH3 is 1. The molecular formula is C21H29N3O3. The Kier molecular flexibility index (Phi) is 5.73. The van der Waals surface area contributed by atoms with E-state index in [2.05, 4.69) is 10.5 Å². The zero-order valence-corrected chi connectivity index (χ0v) is 16.6. The van der Waals surface area contributed by atoms with E-state index >= 15 is 0 Å². The van der Waals surface area contributed by atoms with Crippen LogP contribution in [0.2, 0.25) is 0 Å². The van der Waals surface area contributed by atoms with Crippen LogP contribution in [0, 0.1) is 0 Å². The molecule has 1 heterocycles. The minimum absolute atomic E-state index is 0.140. The van der Waals surface area contributed by atoms with E-state index in [-0.39, 0.29) is 17.5 Å². The highest BCUT2D eigenvalue weighted by Crippen LogP contribution is 2.28. The van der Waals surface area contributed by atoms with Gasteiger partial charge in [0.05, 0.1) is 7.11 Å². The molecule has 1 saturated carbocycles. The molecule has 1 aliphatic carbocycles. The summed E-state index contributed by atoms with van der Waals surface area (Å²) >= 11 is 0. The maximum atomic E-state index is 13.0. The fourth-order valence-corrected chi connectivity index (χ4v) is 3.42. The number of anilines is 1. The number of aromatic nitrogens is 1. The molecule has 0 radical (unpaired) electrons. The van der Waals surface area contributed by atoms with Gasteiger partial charge in [0.1, 0.15) is 11.5 Å². The third-order valence-electron chi connectivity index (χ3n) is 5.00. The van der Waals surface area contributed by atoms with Crippen LogP contribution in [0.5, 0.6) is 5.75 Å². The number of rotatable bonds is 5. The van der Waals surface area contributed by atoms with Gasteiger partial charge < -0.3 is 14.2 Å². The van der Waals surface area contributed by atoms with Gasteiger partial charge in [-0.3, -0.25) is 5.32 Å². The van der Waals surface area contributed by atoms with E-state index < -0.39 is 0 Å². The Labute approximate surface area is 160 Å². The largest absolute Gasteiger partial charge is 0.497 e. The molecule has 27 heavy (non-hydrogen) atoms. The lowest BCUT2D eigenvalue weighted by Crippen LogP contribution is -2.41. The topological polar surface area (TPSA) is 67.6 Å². The summed E-state index contributed by atoms with van der Waals surface area (Å²) in [7, 11) is 1.65. The molecule has 1 aromatic heterocycles. The first-order chi connectivity index (χ1) is 12.9. The van der Waals surface area contributed by atoms with Crippen molar-refractivity contribution in [1.29, 1.82) is 0 Å². The number of urea groups is 1. The molecule has 1 fully saturated rings. The highest BCUT2D eigenvalue weighted by atomic mass is 16.5. The number of nitrogens with one attached hydrogen (secondary N) is 1. The number of amides is 2. The summed E-state index contributed by atoms with van der Waals surface area (Å²) in [6.07, 6.45) is 4.38. The van der Waals surface area contributed by atoms with Gasteiger partial charge in [-0.25, -0.2) is 4.79 Å². The van der Waals surface area contributed by atoms with E-state index in [4.69, 9.17) is 9.26 Å². The predicted molar refractivity (Wildman–Crippen MR) is 105 cm³/mol. The minimum atomic E-state index is -0.151. The molecule has 1 aliphatic rings. The number of hydrogen-bond acceptors (Lipinski definition) is 4. The Morgan fingerprint density at radius 2 is 2.04 bits per heavy atom. The van der Waals surface area contributed by atoms with Gasteiger partial charge >= 0.3 is 6.03 Å². The lowest BCUT2D eigenvalue weighted by atomic mass is 9.93. The van der Waals surface area contributed by atoms with Crippen LogP contribution in [-0.4, -0.2) is 29.2 Å². The summed E-state index contributed by atoms with van der Waals surface area (Å²) in [5, 5.41) is 6.92. The van der Waals surface area contributed by atoms with Gasteiger partial charge in [0.15, 0.2) is 5.82 Å². The van der Waals surface area contributed by atoms with Crippen molar-refractivity contribution in [2.45, 2.75) is 64.5 Å². The monoisotopic (exact) mass is 371 g/mol. The van der Waals surface area contributed by atoms with Crippen LogP contribution in [0.25, 0.3) is 0 Å². The molecule has 6 nitrogen and oxygen atoms in total. The third-order valence-corrected chi connectivity index (χ3v) is 5.00. The van der Waals surface area contributed by atoms with Crippen LogP contribution < -0.4 is 10.1 Å². The summed E-state index contributed by atoms with van der Waals surface area (Å²) in [5.74, 6) is 2.00. The van der Waals surface area contributed by atoms with E-state index in [1.807, 2.05) is 49.9 Å². The van der Waals surface area contributed by atoms with Crippen LogP contribution in [0.15, 0.2) is 34.9 Å². The summed E-state index contributed by atoms with van der Waals surface area (Å²) in [5.41, 5.74) is 0.897. The van der Waals surface area contributed by atoms with Crippen LogP contribution in [0.1, 0.15) is 57.8 Å². The molecule has 3 rings (SSSR count). The number of nitrogens with zero attached hydrogens (tertiary/aromatic N) is 2. The molecule has 0 spiro atoms. The Morgan fingerprint density at radius 3 is 2.67 bits per heavy atom. The molecule has 1 aromatic carbocycles. The molecule has 6 heteroatoms. The van der Waals surface area contributed by atoms with E-state index in [1.165, 1.54) is 0 Å². The van der Waals surface area contributed by atoms with Crippen molar-refractivity contribution in [3.8, 4) is 5.75 Å². The molecule has 146 valence electrons. The molecule has 1 N–H and O–H groups in total. The summed E-state index contributed by atoms with van der Waals surface area (Å²) in [6.45, 7) is 6.68. The average molecular weight is 371 g/mol. The predicted octanol–water partition coefficient (Wildman–Crippen LogP) is 4.96. The zero-order valence-electron chi connectivity index (χ0n) is 16.6. The number of carbonyl (C=O) groups excluding carboxylic acids is 1. The number of ether oxygens (including phenoxy) is 1. The minimum Gasteiger partial charge on any atom is -0.497 e. The van der Waals surface area contributed by atoms with E-state index in [0.717, 1.165) is 42.8 Å². The lowest BCUT2D eigenvalue weighted by molar-refractivity contribution is 0.184. The second-order valence-corrected chi connectivity index (χ2v) is 8.17. The second kappa shape index (κ2) is 8.03.